The van der Waals surface area contributed by atoms with Gasteiger partial charge in [0.15, 0.2) is 0 Å². The quantitative estimate of drug-likeness (QED) is 0.291. The number of rotatable bonds is 14. The molecule has 0 unspecified atom stereocenters. The number of benzene rings is 2. The van der Waals surface area contributed by atoms with E-state index < -0.39 is 27.8 Å². The third-order valence-electron chi connectivity index (χ3n) is 9.11. The number of nitrogens with one attached hydrogen (secondary N) is 1. The van der Waals surface area contributed by atoms with Gasteiger partial charge < -0.3 is 15.2 Å². The lowest BCUT2D eigenvalue weighted by Gasteiger charge is -2.27. The zero-order valence-corrected chi connectivity index (χ0v) is 26.7. The number of ether oxygens (including phenoxy) is 1. The van der Waals surface area contributed by atoms with Crippen LogP contribution in [0.1, 0.15) is 79.8 Å². The second kappa shape index (κ2) is 15.3. The number of aryl methyl sites for hydroxylation is 1. The summed E-state index contributed by atoms with van der Waals surface area (Å²) in [5.41, 5.74) is 4.08. The molecule has 1 amide bonds. The van der Waals surface area contributed by atoms with E-state index in [0.717, 1.165) is 67.7 Å². The number of hydrogen-bond acceptors (Lipinski definition) is 6. The van der Waals surface area contributed by atoms with Gasteiger partial charge in [-0.3, -0.25) is 9.69 Å². The lowest BCUT2D eigenvalue weighted by atomic mass is 9.90. The molecular formula is C34H48N2O6S. The third-order valence-corrected chi connectivity index (χ3v) is 10.1. The maximum absolute atomic E-state index is 13.5. The minimum atomic E-state index is -3.38. The van der Waals surface area contributed by atoms with Crippen LogP contribution in [0.15, 0.2) is 42.5 Å². The van der Waals surface area contributed by atoms with Crippen molar-refractivity contribution in [2.45, 2.75) is 83.8 Å². The van der Waals surface area contributed by atoms with Crippen molar-refractivity contribution in [1.29, 1.82) is 0 Å². The van der Waals surface area contributed by atoms with Gasteiger partial charge in [0.1, 0.15) is 15.9 Å². The highest BCUT2D eigenvalue weighted by Gasteiger charge is 2.32. The van der Waals surface area contributed by atoms with Gasteiger partial charge in [0, 0.05) is 37.6 Å². The van der Waals surface area contributed by atoms with Crippen molar-refractivity contribution >= 4 is 21.7 Å². The number of carbonyl (C=O) groups is 2. The highest BCUT2D eigenvalue weighted by molar-refractivity contribution is 7.90. The summed E-state index contributed by atoms with van der Waals surface area (Å²) < 4.78 is 29.6. The van der Waals surface area contributed by atoms with E-state index in [1.54, 1.807) is 6.07 Å². The Morgan fingerprint density at radius 1 is 1.05 bits per heavy atom. The molecule has 0 aromatic heterocycles. The fourth-order valence-corrected chi connectivity index (χ4v) is 7.19. The van der Waals surface area contributed by atoms with Crippen LogP contribution in [0.2, 0.25) is 0 Å². The van der Waals surface area contributed by atoms with Crippen molar-refractivity contribution in [2.24, 2.45) is 11.8 Å². The Labute approximate surface area is 257 Å². The van der Waals surface area contributed by atoms with Crippen molar-refractivity contribution in [3.63, 3.8) is 0 Å². The van der Waals surface area contributed by atoms with Gasteiger partial charge in [-0.1, -0.05) is 62.9 Å². The number of hydrogen-bond donors (Lipinski definition) is 2. The normalized spacial score (nSPS) is 20.6. The van der Waals surface area contributed by atoms with Gasteiger partial charge in [-0.2, -0.15) is 0 Å². The van der Waals surface area contributed by atoms with Crippen LogP contribution in [0.3, 0.4) is 0 Å². The van der Waals surface area contributed by atoms with E-state index in [9.17, 15) is 23.1 Å². The van der Waals surface area contributed by atoms with E-state index in [1.165, 1.54) is 32.1 Å². The lowest BCUT2D eigenvalue weighted by molar-refractivity contribution is -0.139. The molecule has 1 aliphatic heterocycles. The molecule has 2 aliphatic rings. The van der Waals surface area contributed by atoms with E-state index in [2.05, 4.69) is 17.1 Å². The second-order valence-electron chi connectivity index (χ2n) is 12.6. The molecule has 2 aromatic rings. The van der Waals surface area contributed by atoms with E-state index >= 15 is 0 Å². The average Bonchev–Trinajstić information content (AvgIpc) is 3.36. The Morgan fingerprint density at radius 3 is 2.47 bits per heavy atom. The smallest absolute Gasteiger partial charge is 0.326 e. The monoisotopic (exact) mass is 612 g/mol. The topological polar surface area (TPSA) is 113 Å². The Morgan fingerprint density at radius 2 is 1.79 bits per heavy atom. The fraction of sp³-hybridized carbons (Fsp3) is 0.588. The molecule has 3 atom stereocenters. The zero-order valence-electron chi connectivity index (χ0n) is 25.9. The maximum Gasteiger partial charge on any atom is 0.326 e. The summed E-state index contributed by atoms with van der Waals surface area (Å²) in [7, 11) is -3.38. The Balaban J connectivity index is 1.54. The zero-order chi connectivity index (χ0) is 31.0. The van der Waals surface area contributed by atoms with Crippen LogP contribution in [-0.4, -0.2) is 74.2 Å². The molecule has 8 nitrogen and oxygen atoms in total. The van der Waals surface area contributed by atoms with Gasteiger partial charge in [-0.15, -0.1) is 0 Å². The molecule has 4 rings (SSSR count). The van der Waals surface area contributed by atoms with E-state index in [4.69, 9.17) is 4.74 Å². The highest BCUT2D eigenvalue weighted by Crippen LogP contribution is 2.32. The summed E-state index contributed by atoms with van der Waals surface area (Å²) in [5.74, 6) is -0.806. The predicted molar refractivity (Wildman–Crippen MR) is 170 cm³/mol. The summed E-state index contributed by atoms with van der Waals surface area (Å²) in [6.45, 7) is 7.57. The first-order valence-corrected chi connectivity index (χ1v) is 17.8. The summed E-state index contributed by atoms with van der Waals surface area (Å²) in [4.78, 5) is 27.8. The summed E-state index contributed by atoms with van der Waals surface area (Å²) in [6.07, 6.45) is 9.64. The van der Waals surface area contributed by atoms with Crippen molar-refractivity contribution in [2.75, 3.05) is 31.8 Å². The molecule has 9 heteroatoms. The Bertz CT molecular complexity index is 1350. The Kier molecular flexibility index (Phi) is 11.8. The molecular weight excluding hydrogens is 564 g/mol. The molecule has 0 radical (unpaired) electrons. The summed E-state index contributed by atoms with van der Waals surface area (Å²) >= 11 is 0. The number of carbonyl (C=O) groups excluding carboxylic acids is 1. The average molecular weight is 613 g/mol. The molecule has 2 fully saturated rings. The first kappa shape index (κ1) is 33.1. The molecule has 1 aliphatic carbocycles. The maximum atomic E-state index is 13.5. The summed E-state index contributed by atoms with van der Waals surface area (Å²) in [6, 6.07) is 12.6. The number of carboxylic acid groups (broad SMARTS) is 1. The number of likely N-dealkylation sites (tertiary alicyclic amines) is 1. The number of sulfone groups is 1. The first-order chi connectivity index (χ1) is 20.5. The molecule has 43 heavy (non-hydrogen) atoms. The minimum Gasteiger partial charge on any atom is -0.480 e. The van der Waals surface area contributed by atoms with Gasteiger partial charge in [-0.05, 0) is 78.8 Å². The largest absolute Gasteiger partial charge is 0.480 e. The molecule has 1 saturated carbocycles. The highest BCUT2D eigenvalue weighted by atomic mass is 32.2. The molecule has 0 spiro atoms. The molecule has 2 N–H and O–H groups in total. The van der Waals surface area contributed by atoms with Gasteiger partial charge in [0.25, 0.3) is 5.91 Å². The first-order valence-electron chi connectivity index (χ1n) is 15.8. The molecule has 2 aromatic carbocycles. The SMILES string of the molecule is CC[C@@H]1C[C@H](COCC2CCCCC2)N(Cc2ccc(C(=O)N[C@@H](CCS(C)(=O)=O)C(=O)O)c(-c3ccccc3C)c2)C1. The van der Waals surface area contributed by atoms with Crippen LogP contribution < -0.4 is 5.32 Å². The van der Waals surface area contributed by atoms with Gasteiger partial charge in [0.05, 0.1) is 12.4 Å². The van der Waals surface area contributed by atoms with Crippen LogP contribution in [0.5, 0.6) is 0 Å². The number of carboxylic acids is 1. The molecule has 1 heterocycles. The minimum absolute atomic E-state index is 0.199. The van der Waals surface area contributed by atoms with Crippen molar-refractivity contribution < 1.29 is 27.9 Å². The molecule has 0 bridgehead atoms. The van der Waals surface area contributed by atoms with Crippen molar-refractivity contribution in [3.8, 4) is 11.1 Å². The summed E-state index contributed by atoms with van der Waals surface area (Å²) in [5, 5.41) is 12.2. The molecule has 236 valence electrons. The van der Waals surface area contributed by atoms with Crippen LogP contribution in [-0.2, 0) is 25.9 Å². The fourth-order valence-electron chi connectivity index (χ4n) is 6.52. The van der Waals surface area contributed by atoms with Gasteiger partial charge in [0.2, 0.25) is 0 Å². The van der Waals surface area contributed by atoms with E-state index in [1.807, 2.05) is 43.3 Å². The molecule has 1 saturated heterocycles. The van der Waals surface area contributed by atoms with Gasteiger partial charge >= 0.3 is 5.97 Å². The van der Waals surface area contributed by atoms with Crippen molar-refractivity contribution in [3.05, 3.63) is 59.2 Å². The van der Waals surface area contributed by atoms with Crippen LogP contribution in [0, 0.1) is 18.8 Å². The van der Waals surface area contributed by atoms with Crippen LogP contribution in [0.4, 0.5) is 0 Å². The van der Waals surface area contributed by atoms with Crippen LogP contribution >= 0.6 is 0 Å². The second-order valence-corrected chi connectivity index (χ2v) is 14.9. The van der Waals surface area contributed by atoms with E-state index in [0.29, 0.717) is 23.4 Å². The number of aliphatic carboxylic acids is 1. The Hall–Kier alpha value is -2.75. The third kappa shape index (κ3) is 9.62. The number of amides is 1. The van der Waals surface area contributed by atoms with Gasteiger partial charge in [-0.25, -0.2) is 13.2 Å². The number of nitrogens with zero attached hydrogens (tertiary/aromatic N) is 1. The van der Waals surface area contributed by atoms with Crippen molar-refractivity contribution in [1.82, 2.24) is 10.2 Å². The predicted octanol–water partition coefficient (Wildman–Crippen LogP) is 5.48. The van der Waals surface area contributed by atoms with Crippen LogP contribution in [0.25, 0.3) is 11.1 Å². The van der Waals surface area contributed by atoms with E-state index in [-0.39, 0.29) is 12.2 Å². The standard InChI is InChI=1S/C34H48N2O6S/c1-4-25-18-28(23-42-22-26-11-6-5-7-12-26)36(20-25)21-27-14-15-30(31(19-27)29-13-9-8-10-24(29)2)33(37)35-32(34(38)39)16-17-43(3,40)41/h8-10,13-15,19,25-26,28,32H,4-7,11-12,16-18,20-23H2,1-3H3,(H,35,37)(H,38,39)/t25-,28-,32+/m1/s1. The lowest BCUT2D eigenvalue weighted by Crippen LogP contribution is -2.42.